The van der Waals surface area contributed by atoms with Crippen molar-refractivity contribution in [1.29, 1.82) is 0 Å². The van der Waals surface area contributed by atoms with Crippen LogP contribution in [0.4, 0.5) is 0 Å². The number of hydrogen-bond acceptors (Lipinski definition) is 3. The summed E-state index contributed by atoms with van der Waals surface area (Å²) in [4.78, 5) is 9.86. The van der Waals surface area contributed by atoms with E-state index in [9.17, 15) is 7.85 Å². The van der Waals surface area contributed by atoms with E-state index >= 15 is 0 Å². The van der Waals surface area contributed by atoms with E-state index in [1.165, 1.54) is 0 Å². The van der Waals surface area contributed by atoms with Gasteiger partial charge in [0.05, 0.1) is 38.9 Å². The molecule has 1 N–H and O–H groups in total. The molecule has 288 valence electrons. The molecule has 2 aromatic heterocycles. The number of hydrogen-bond donors (Lipinski definition) is 1. The number of imidazole rings is 1. The third-order valence-corrected chi connectivity index (χ3v) is 10.6. The number of phenolic OH excluding ortho intramolecular Hbond substituents is 1. The highest BCUT2D eigenvalue weighted by Crippen LogP contribution is 2.44. The third-order valence-electron chi connectivity index (χ3n) is 10.6. The Hall–Kier alpha value is -7.04. The standard InChI is InChI=1S/C55H47N3O/c1-36(2)46-34-48(39-22-13-8-14-23-39)51(35-47(46)38-20-11-7-12-21-38)58-50-26-17-25-44(53(50)57-54(58)45-24-15-16-27-52(45)59)41-30-42(32-43(31-41)55(3,4)5)49-33-40(28-29-56-49)37-18-9-6-10-19-37/h6-36,59H,1-5H3/i6D,9D,10D,18D,19D,28D,29D,33D,36D. The lowest BCUT2D eigenvalue weighted by atomic mass is 9.83. The van der Waals surface area contributed by atoms with E-state index in [-0.39, 0.29) is 28.6 Å². The van der Waals surface area contributed by atoms with Crippen molar-refractivity contribution in [3.63, 3.8) is 0 Å². The van der Waals surface area contributed by atoms with Crippen LogP contribution < -0.4 is 0 Å². The Kier molecular flexibility index (Phi) is 7.39. The van der Waals surface area contributed by atoms with Crippen molar-refractivity contribution in [3.05, 3.63) is 193 Å². The minimum atomic E-state index is -0.987. The van der Waals surface area contributed by atoms with Gasteiger partial charge in [0.1, 0.15) is 11.6 Å². The SMILES string of the molecule is [2H]c1nc(-c2cc(-c3cccc4c3nc(-c3ccccc3O)n4-c3cc(-c4ccccc4)c(C([2H])(C)C)cc3-c3ccccc3)cc(C(C)(C)C)c2)c([2H])c(-c2c([2H])c([2H])c([2H])c([2H])c2[2H])c1[2H]. The number of rotatable bonds is 8. The van der Waals surface area contributed by atoms with Crippen molar-refractivity contribution in [2.45, 2.75) is 45.9 Å². The van der Waals surface area contributed by atoms with Gasteiger partial charge in [-0.15, -0.1) is 0 Å². The zero-order valence-electron chi connectivity index (χ0n) is 42.5. The molecule has 9 rings (SSSR count). The van der Waals surface area contributed by atoms with Gasteiger partial charge in [0, 0.05) is 24.2 Å². The van der Waals surface area contributed by atoms with Gasteiger partial charge in [-0.25, -0.2) is 4.98 Å². The zero-order chi connectivity index (χ0) is 48.6. The number of aromatic hydroxyl groups is 1. The summed E-state index contributed by atoms with van der Waals surface area (Å²) >= 11 is 0. The predicted molar refractivity (Wildman–Crippen MR) is 246 cm³/mol. The van der Waals surface area contributed by atoms with Crippen LogP contribution in [-0.4, -0.2) is 19.6 Å². The maximum absolute atomic E-state index is 11.6. The van der Waals surface area contributed by atoms with Crippen molar-refractivity contribution in [3.8, 4) is 78.6 Å². The van der Waals surface area contributed by atoms with Gasteiger partial charge in [-0.3, -0.25) is 9.55 Å². The Morgan fingerprint density at radius 3 is 1.97 bits per heavy atom. The van der Waals surface area contributed by atoms with Crippen molar-refractivity contribution in [2.75, 3.05) is 0 Å². The highest BCUT2D eigenvalue weighted by molar-refractivity contribution is 5.98. The summed E-state index contributed by atoms with van der Waals surface area (Å²) in [5.41, 5.74) is 8.59. The average molecular weight is 775 g/mol. The summed E-state index contributed by atoms with van der Waals surface area (Å²) in [6.45, 7) is 9.92. The molecule has 59 heavy (non-hydrogen) atoms. The monoisotopic (exact) mass is 774 g/mol. The predicted octanol–water partition coefficient (Wildman–Crippen LogP) is 14.5. The summed E-state index contributed by atoms with van der Waals surface area (Å²) in [5, 5.41) is 11.6. The number of benzene rings is 7. The van der Waals surface area contributed by atoms with Gasteiger partial charge < -0.3 is 5.11 Å². The van der Waals surface area contributed by atoms with Crippen LogP contribution in [0, 0.1) is 0 Å². The fraction of sp³-hybridized carbons (Fsp3) is 0.127. The topological polar surface area (TPSA) is 50.9 Å². The zero-order valence-corrected chi connectivity index (χ0v) is 33.5. The largest absolute Gasteiger partial charge is 0.507 e. The summed E-state index contributed by atoms with van der Waals surface area (Å²) in [5.74, 6) is -0.488. The minimum absolute atomic E-state index is 0.00566. The Morgan fingerprint density at radius 2 is 1.27 bits per heavy atom. The summed E-state index contributed by atoms with van der Waals surface area (Å²) < 4.78 is 80.8. The molecule has 0 aliphatic rings. The maximum Gasteiger partial charge on any atom is 0.149 e. The Balaban J connectivity index is 1.36. The molecular weight excluding hydrogens is 719 g/mol. The maximum atomic E-state index is 11.6. The molecule has 0 bridgehead atoms. The van der Waals surface area contributed by atoms with Crippen LogP contribution in [0.2, 0.25) is 0 Å². The van der Waals surface area contributed by atoms with Crippen LogP contribution >= 0.6 is 0 Å². The summed E-state index contributed by atoms with van der Waals surface area (Å²) in [7, 11) is 0. The van der Waals surface area contributed by atoms with Gasteiger partial charge in [-0.2, -0.15) is 0 Å². The van der Waals surface area contributed by atoms with E-state index in [4.69, 9.17) is 14.6 Å². The van der Waals surface area contributed by atoms with Crippen LogP contribution in [-0.2, 0) is 5.41 Å². The first-order chi connectivity index (χ1) is 32.3. The van der Waals surface area contributed by atoms with E-state index in [1.807, 2.05) is 123 Å². The first kappa shape index (κ1) is 28.4. The quantitative estimate of drug-likeness (QED) is 0.167. The van der Waals surface area contributed by atoms with Crippen molar-refractivity contribution in [1.82, 2.24) is 14.5 Å². The molecular formula is C55H47N3O. The molecule has 0 unspecified atom stereocenters. The molecule has 0 atom stereocenters. The first-order valence-electron chi connectivity index (χ1n) is 24.1. The van der Waals surface area contributed by atoms with Crippen molar-refractivity contribution in [2.24, 2.45) is 0 Å². The van der Waals surface area contributed by atoms with E-state index in [0.717, 1.165) is 39.1 Å². The van der Waals surface area contributed by atoms with Crippen LogP contribution in [0.3, 0.4) is 0 Å². The van der Waals surface area contributed by atoms with E-state index < -0.39 is 53.7 Å². The lowest BCUT2D eigenvalue weighted by Crippen LogP contribution is -2.11. The molecule has 4 heteroatoms. The van der Waals surface area contributed by atoms with Gasteiger partial charge in [0.25, 0.3) is 0 Å². The molecule has 0 spiro atoms. The molecule has 2 heterocycles. The second kappa shape index (κ2) is 15.4. The molecule has 0 saturated heterocycles. The number of aromatic nitrogens is 3. The molecule has 7 aromatic carbocycles. The number of nitrogens with zero attached hydrogens (tertiary/aromatic N) is 3. The number of phenols is 1. The molecule has 0 radical (unpaired) electrons. The van der Waals surface area contributed by atoms with Crippen molar-refractivity contribution < 1.29 is 17.4 Å². The fourth-order valence-corrected chi connectivity index (χ4v) is 7.62. The first-order valence-corrected chi connectivity index (χ1v) is 19.6. The lowest BCUT2D eigenvalue weighted by molar-refractivity contribution is 0.477. The number of fused-ring (bicyclic) bond motifs is 1. The minimum Gasteiger partial charge on any atom is -0.507 e. The molecule has 9 aromatic rings. The molecule has 0 saturated carbocycles. The van der Waals surface area contributed by atoms with Gasteiger partial charge in [-0.05, 0) is 110 Å². The van der Waals surface area contributed by atoms with Gasteiger partial charge in [0.2, 0.25) is 0 Å². The van der Waals surface area contributed by atoms with Crippen LogP contribution in [0.5, 0.6) is 5.75 Å². The molecule has 0 fully saturated rings. The van der Waals surface area contributed by atoms with Gasteiger partial charge >= 0.3 is 0 Å². The number of pyridine rings is 1. The van der Waals surface area contributed by atoms with E-state index in [1.54, 1.807) is 12.1 Å². The third kappa shape index (κ3) is 7.23. The van der Waals surface area contributed by atoms with Gasteiger partial charge in [0.15, 0.2) is 0 Å². The van der Waals surface area contributed by atoms with E-state index in [2.05, 4.69) is 42.5 Å². The lowest BCUT2D eigenvalue weighted by Gasteiger charge is -2.22. The Morgan fingerprint density at radius 1 is 0.610 bits per heavy atom. The highest BCUT2D eigenvalue weighted by Gasteiger charge is 2.25. The second-order valence-corrected chi connectivity index (χ2v) is 15.9. The van der Waals surface area contributed by atoms with E-state index in [0.29, 0.717) is 39.1 Å². The number of para-hydroxylation sites is 2. The highest BCUT2D eigenvalue weighted by atomic mass is 16.3. The van der Waals surface area contributed by atoms with Gasteiger partial charge in [-0.1, -0.05) is 156 Å². The van der Waals surface area contributed by atoms with Crippen molar-refractivity contribution >= 4 is 11.0 Å². The Labute approximate surface area is 359 Å². The average Bonchev–Trinajstić information content (AvgIpc) is 3.71. The molecule has 0 amide bonds. The van der Waals surface area contributed by atoms with Crippen LogP contribution in [0.25, 0.3) is 83.9 Å². The molecule has 0 aliphatic carbocycles. The normalized spacial score (nSPS) is 14.0. The smallest absolute Gasteiger partial charge is 0.149 e. The summed E-state index contributed by atoms with van der Waals surface area (Å²) in [6.07, 6.45) is -0.516. The molecule has 4 nitrogen and oxygen atoms in total. The van der Waals surface area contributed by atoms with Crippen LogP contribution in [0.15, 0.2) is 182 Å². The molecule has 0 aliphatic heterocycles. The van der Waals surface area contributed by atoms with Crippen LogP contribution in [0.1, 0.15) is 64.0 Å². The second-order valence-electron chi connectivity index (χ2n) is 15.9. The fourth-order valence-electron chi connectivity index (χ4n) is 7.62. The summed E-state index contributed by atoms with van der Waals surface area (Å²) in [6, 6.07) is 39.1. The Bertz CT molecular complexity index is 3440.